The third-order valence-electron chi connectivity index (χ3n) is 3.10. The molecule has 0 bridgehead atoms. The van der Waals surface area contributed by atoms with E-state index in [9.17, 15) is 33.4 Å². The van der Waals surface area contributed by atoms with E-state index in [1.54, 1.807) is 0 Å². The van der Waals surface area contributed by atoms with E-state index in [-0.39, 0.29) is 25.6 Å². The van der Waals surface area contributed by atoms with Gasteiger partial charge in [-0.3, -0.25) is 20.2 Å². The number of halogens is 3. The van der Waals surface area contributed by atoms with Crippen molar-refractivity contribution in [2.24, 2.45) is 0 Å². The lowest BCUT2D eigenvalue weighted by atomic mass is 10.0. The SMILES string of the molecule is CC(O)CNCCc1c([N+](=O)[O-])cc(C(F)(F)F)c(N)c1[N+](=O)[O-]. The summed E-state index contributed by atoms with van der Waals surface area (Å²) in [5.41, 5.74) is -0.200. The summed E-state index contributed by atoms with van der Waals surface area (Å²) >= 11 is 0. The van der Waals surface area contributed by atoms with E-state index in [4.69, 9.17) is 10.8 Å². The molecule has 0 aromatic heterocycles. The van der Waals surface area contributed by atoms with E-state index in [1.807, 2.05) is 0 Å². The number of anilines is 1. The Bertz CT molecular complexity index is 649. The quantitative estimate of drug-likeness (QED) is 0.292. The Morgan fingerprint density at radius 3 is 2.33 bits per heavy atom. The number of nitro groups is 2. The van der Waals surface area contributed by atoms with Gasteiger partial charge in [-0.2, -0.15) is 13.2 Å². The average molecular weight is 352 g/mol. The van der Waals surface area contributed by atoms with Crippen LogP contribution in [0.25, 0.3) is 0 Å². The third-order valence-corrected chi connectivity index (χ3v) is 3.10. The summed E-state index contributed by atoms with van der Waals surface area (Å²) in [6, 6.07) is 0.201. The summed E-state index contributed by atoms with van der Waals surface area (Å²) in [4.78, 5) is 19.9. The van der Waals surface area contributed by atoms with Gasteiger partial charge in [-0.15, -0.1) is 0 Å². The lowest BCUT2D eigenvalue weighted by Crippen LogP contribution is -2.26. The Balaban J connectivity index is 3.41. The molecular formula is C12H15F3N4O5. The number of aliphatic hydroxyl groups is 1. The highest BCUT2D eigenvalue weighted by Crippen LogP contribution is 2.43. The standard InChI is InChI=1S/C12H15F3N4O5/c1-6(20)5-17-3-2-7-9(18(21)22)4-8(12(13,14)15)10(16)11(7)19(23)24/h4,6,17,20H,2-3,5,16H2,1H3. The van der Waals surface area contributed by atoms with Crippen LogP contribution in [0.2, 0.25) is 0 Å². The van der Waals surface area contributed by atoms with Crippen LogP contribution >= 0.6 is 0 Å². The predicted molar refractivity (Wildman–Crippen MR) is 77.4 cm³/mol. The molecule has 134 valence electrons. The van der Waals surface area contributed by atoms with Gasteiger partial charge in [-0.05, 0) is 19.9 Å². The zero-order valence-corrected chi connectivity index (χ0v) is 12.5. The van der Waals surface area contributed by atoms with Crippen LogP contribution in [-0.4, -0.2) is 34.1 Å². The molecule has 1 aromatic carbocycles. The number of hydrogen-bond acceptors (Lipinski definition) is 7. The van der Waals surface area contributed by atoms with Crippen LogP contribution in [0.15, 0.2) is 6.07 Å². The van der Waals surface area contributed by atoms with Gasteiger partial charge in [0, 0.05) is 12.6 Å². The molecule has 0 heterocycles. The Labute approximate surface area is 133 Å². The van der Waals surface area contributed by atoms with Crippen LogP contribution in [0.1, 0.15) is 18.1 Å². The second kappa shape index (κ2) is 7.40. The van der Waals surface area contributed by atoms with Crippen molar-refractivity contribution in [3.63, 3.8) is 0 Å². The van der Waals surface area contributed by atoms with Crippen molar-refractivity contribution < 1.29 is 28.1 Å². The lowest BCUT2D eigenvalue weighted by Gasteiger charge is -2.13. The number of nitrogens with two attached hydrogens (primary N) is 1. The molecule has 1 rings (SSSR count). The van der Waals surface area contributed by atoms with E-state index in [0.717, 1.165) is 0 Å². The molecule has 0 aliphatic rings. The first-order chi connectivity index (χ1) is 11.0. The molecule has 0 saturated carbocycles. The van der Waals surface area contributed by atoms with Gasteiger partial charge in [0.15, 0.2) is 0 Å². The van der Waals surface area contributed by atoms with Crippen molar-refractivity contribution in [1.82, 2.24) is 5.32 Å². The molecular weight excluding hydrogens is 337 g/mol. The van der Waals surface area contributed by atoms with Crippen LogP contribution in [0.3, 0.4) is 0 Å². The fraction of sp³-hybridized carbons (Fsp3) is 0.500. The van der Waals surface area contributed by atoms with Crippen molar-refractivity contribution in [2.45, 2.75) is 25.6 Å². The van der Waals surface area contributed by atoms with Gasteiger partial charge in [-0.25, -0.2) is 0 Å². The summed E-state index contributed by atoms with van der Waals surface area (Å²) in [6.07, 6.45) is -6.10. The summed E-state index contributed by atoms with van der Waals surface area (Å²) < 4.78 is 38.7. The van der Waals surface area contributed by atoms with Crippen LogP contribution in [0.4, 0.5) is 30.2 Å². The average Bonchev–Trinajstić information content (AvgIpc) is 2.40. The van der Waals surface area contributed by atoms with E-state index in [2.05, 4.69) is 5.32 Å². The zero-order chi connectivity index (χ0) is 18.7. The maximum atomic E-state index is 12.9. The van der Waals surface area contributed by atoms with Gasteiger partial charge >= 0.3 is 11.9 Å². The van der Waals surface area contributed by atoms with Crippen LogP contribution < -0.4 is 11.1 Å². The first-order valence-electron chi connectivity index (χ1n) is 6.66. The van der Waals surface area contributed by atoms with Gasteiger partial charge in [0.25, 0.3) is 5.69 Å². The Kier molecular flexibility index (Phi) is 6.04. The minimum absolute atomic E-state index is 0.0304. The van der Waals surface area contributed by atoms with Crippen molar-refractivity contribution in [3.8, 4) is 0 Å². The molecule has 4 N–H and O–H groups in total. The molecule has 0 radical (unpaired) electrons. The molecule has 12 heteroatoms. The van der Waals surface area contributed by atoms with Gasteiger partial charge in [0.1, 0.15) is 11.3 Å². The Morgan fingerprint density at radius 1 is 1.33 bits per heavy atom. The van der Waals surface area contributed by atoms with Crippen molar-refractivity contribution >= 4 is 17.1 Å². The Morgan fingerprint density at radius 2 is 1.92 bits per heavy atom. The lowest BCUT2D eigenvalue weighted by molar-refractivity contribution is -0.395. The van der Waals surface area contributed by atoms with Crippen molar-refractivity contribution in [1.29, 1.82) is 0 Å². The van der Waals surface area contributed by atoms with Gasteiger partial charge < -0.3 is 16.2 Å². The summed E-state index contributed by atoms with van der Waals surface area (Å²) in [5.74, 6) is 0. The highest BCUT2D eigenvalue weighted by atomic mass is 19.4. The highest BCUT2D eigenvalue weighted by molar-refractivity contribution is 5.73. The van der Waals surface area contributed by atoms with Crippen LogP contribution in [-0.2, 0) is 12.6 Å². The highest BCUT2D eigenvalue weighted by Gasteiger charge is 2.41. The maximum absolute atomic E-state index is 12.9. The van der Waals surface area contributed by atoms with E-state index in [1.165, 1.54) is 6.92 Å². The van der Waals surface area contributed by atoms with Crippen molar-refractivity contribution in [3.05, 3.63) is 37.4 Å². The summed E-state index contributed by atoms with van der Waals surface area (Å²) in [6.45, 7) is 1.54. The number of nitrogens with one attached hydrogen (secondary N) is 1. The Hall–Kier alpha value is -2.47. The first-order valence-corrected chi connectivity index (χ1v) is 6.66. The van der Waals surface area contributed by atoms with Crippen LogP contribution in [0.5, 0.6) is 0 Å². The number of alkyl halides is 3. The first kappa shape index (κ1) is 19.6. The molecule has 0 aliphatic heterocycles. The number of rotatable bonds is 7. The second-order valence-electron chi connectivity index (χ2n) is 5.00. The molecule has 0 saturated heterocycles. The second-order valence-corrected chi connectivity index (χ2v) is 5.00. The van der Waals surface area contributed by atoms with Crippen LogP contribution in [0, 0.1) is 20.2 Å². The number of aliphatic hydroxyl groups excluding tert-OH is 1. The predicted octanol–water partition coefficient (Wildman–Crippen LogP) is 1.62. The number of nitrogens with zero attached hydrogens (tertiary/aromatic N) is 2. The summed E-state index contributed by atoms with van der Waals surface area (Å²) in [5, 5.41) is 33.9. The van der Waals surface area contributed by atoms with Gasteiger partial charge in [0.05, 0.1) is 21.5 Å². The van der Waals surface area contributed by atoms with E-state index in [0.29, 0.717) is 0 Å². The number of nitrogen functional groups attached to an aromatic ring is 1. The molecule has 1 atom stereocenters. The maximum Gasteiger partial charge on any atom is 0.418 e. The molecule has 0 aliphatic carbocycles. The minimum atomic E-state index is -5.07. The number of benzene rings is 1. The normalized spacial score (nSPS) is 12.9. The molecule has 24 heavy (non-hydrogen) atoms. The molecule has 0 spiro atoms. The topological polar surface area (TPSA) is 145 Å². The number of nitro benzene ring substituents is 2. The van der Waals surface area contributed by atoms with E-state index >= 15 is 0 Å². The molecule has 1 unspecified atom stereocenters. The molecule has 0 fully saturated rings. The van der Waals surface area contributed by atoms with Gasteiger partial charge in [0.2, 0.25) is 0 Å². The molecule has 1 aromatic rings. The fourth-order valence-electron chi connectivity index (χ4n) is 2.09. The molecule has 9 nitrogen and oxygen atoms in total. The third kappa shape index (κ3) is 4.52. The smallest absolute Gasteiger partial charge is 0.393 e. The fourth-order valence-corrected chi connectivity index (χ4v) is 2.09. The zero-order valence-electron chi connectivity index (χ0n) is 12.5. The minimum Gasteiger partial charge on any atom is -0.393 e. The monoisotopic (exact) mass is 352 g/mol. The number of hydrogen-bond donors (Lipinski definition) is 3. The largest absolute Gasteiger partial charge is 0.418 e. The summed E-state index contributed by atoms with van der Waals surface area (Å²) in [7, 11) is 0. The van der Waals surface area contributed by atoms with Gasteiger partial charge in [-0.1, -0.05) is 0 Å². The van der Waals surface area contributed by atoms with E-state index < -0.39 is 50.3 Å². The molecule has 0 amide bonds. The van der Waals surface area contributed by atoms with Crippen molar-refractivity contribution in [2.75, 3.05) is 18.8 Å².